The second kappa shape index (κ2) is 8.55. The number of nitrogens with zero attached hydrogens (tertiary/aromatic N) is 1. The number of carbonyl (C=O) groups is 2. The summed E-state index contributed by atoms with van der Waals surface area (Å²) in [5.74, 6) is -0.108. The lowest BCUT2D eigenvalue weighted by atomic mass is 10.0. The number of ketones is 1. The van der Waals surface area contributed by atoms with Crippen LogP contribution in [0.15, 0.2) is 48.5 Å². The molecule has 0 heterocycles. The molecule has 2 N–H and O–H groups in total. The molecule has 1 atom stereocenters. The van der Waals surface area contributed by atoms with E-state index in [0.717, 1.165) is 11.1 Å². The van der Waals surface area contributed by atoms with Gasteiger partial charge in [-0.05, 0) is 23.3 Å². The fourth-order valence-electron chi connectivity index (χ4n) is 2.54. The van der Waals surface area contributed by atoms with Crippen molar-refractivity contribution in [2.24, 2.45) is 0 Å². The molecule has 0 bridgehead atoms. The summed E-state index contributed by atoms with van der Waals surface area (Å²) in [5.41, 5.74) is 3.12. The van der Waals surface area contributed by atoms with Gasteiger partial charge in [-0.1, -0.05) is 43.3 Å². The van der Waals surface area contributed by atoms with Gasteiger partial charge in [0.15, 0.2) is 5.78 Å². The van der Waals surface area contributed by atoms with E-state index in [9.17, 15) is 14.7 Å². The van der Waals surface area contributed by atoms with E-state index in [0.29, 0.717) is 17.5 Å². The normalized spacial score (nSPS) is 11.8. The van der Waals surface area contributed by atoms with Crippen LogP contribution in [0.4, 0.5) is 0 Å². The minimum atomic E-state index is -0.947. The zero-order valence-electron chi connectivity index (χ0n) is 14.5. The molecule has 0 aliphatic carbocycles. The number of carbonyl (C=O) groups excluding carboxylic acids is 2. The van der Waals surface area contributed by atoms with Crippen LogP contribution in [-0.4, -0.2) is 53.1 Å². The van der Waals surface area contributed by atoms with Crippen LogP contribution in [0.5, 0.6) is 0 Å². The van der Waals surface area contributed by atoms with E-state index in [1.165, 1.54) is 4.90 Å². The van der Waals surface area contributed by atoms with Gasteiger partial charge in [-0.2, -0.15) is 0 Å². The van der Waals surface area contributed by atoms with Crippen molar-refractivity contribution in [1.82, 2.24) is 4.90 Å². The van der Waals surface area contributed by atoms with Crippen molar-refractivity contribution in [2.75, 3.05) is 20.2 Å². The fraction of sp³-hybridized carbons (Fsp3) is 0.300. The maximum Gasteiger partial charge on any atom is 0.253 e. The van der Waals surface area contributed by atoms with Crippen molar-refractivity contribution < 1.29 is 19.8 Å². The van der Waals surface area contributed by atoms with Gasteiger partial charge < -0.3 is 15.1 Å². The third-order valence-electron chi connectivity index (χ3n) is 4.04. The fourth-order valence-corrected chi connectivity index (χ4v) is 2.54. The molecule has 25 heavy (non-hydrogen) atoms. The number of aliphatic hydroxyl groups excluding tert-OH is 2. The van der Waals surface area contributed by atoms with Crippen LogP contribution >= 0.6 is 0 Å². The van der Waals surface area contributed by atoms with E-state index in [4.69, 9.17) is 5.11 Å². The highest BCUT2D eigenvalue weighted by Crippen LogP contribution is 2.21. The first-order chi connectivity index (χ1) is 12.0. The van der Waals surface area contributed by atoms with Gasteiger partial charge in [0, 0.05) is 31.1 Å². The molecular weight excluding hydrogens is 318 g/mol. The second-order valence-electron chi connectivity index (χ2n) is 5.95. The SMILES string of the molecule is CCC(=O)c1ccc(-c2ccc(C(=O)N(C)C[C@H](O)CO)cc2)cc1. The maximum absolute atomic E-state index is 12.3. The van der Waals surface area contributed by atoms with Crippen LogP contribution in [0.1, 0.15) is 34.1 Å². The lowest BCUT2D eigenvalue weighted by Gasteiger charge is -2.19. The third kappa shape index (κ3) is 4.75. The molecule has 132 valence electrons. The first-order valence-corrected chi connectivity index (χ1v) is 8.24. The first-order valence-electron chi connectivity index (χ1n) is 8.24. The predicted molar refractivity (Wildman–Crippen MR) is 96.6 cm³/mol. The molecule has 2 aromatic rings. The molecule has 0 fully saturated rings. The van der Waals surface area contributed by atoms with Crippen molar-refractivity contribution in [3.05, 3.63) is 59.7 Å². The summed E-state index contributed by atoms with van der Waals surface area (Å²) in [6.45, 7) is 1.53. The minimum Gasteiger partial charge on any atom is -0.394 e. The summed E-state index contributed by atoms with van der Waals surface area (Å²) in [7, 11) is 1.58. The Balaban J connectivity index is 2.11. The Hall–Kier alpha value is -2.50. The average molecular weight is 341 g/mol. The molecule has 2 aromatic carbocycles. The smallest absolute Gasteiger partial charge is 0.253 e. The minimum absolute atomic E-state index is 0.0734. The highest BCUT2D eigenvalue weighted by molar-refractivity contribution is 5.96. The Morgan fingerprint density at radius 3 is 1.88 bits per heavy atom. The van der Waals surface area contributed by atoms with Crippen molar-refractivity contribution in [3.8, 4) is 11.1 Å². The number of likely N-dealkylation sites (N-methyl/N-ethyl adjacent to an activating group) is 1. The van der Waals surface area contributed by atoms with Gasteiger partial charge >= 0.3 is 0 Å². The van der Waals surface area contributed by atoms with Crippen LogP contribution in [0.25, 0.3) is 11.1 Å². The lowest BCUT2D eigenvalue weighted by Crippen LogP contribution is -2.35. The number of rotatable bonds is 7. The van der Waals surface area contributed by atoms with Crippen LogP contribution < -0.4 is 0 Å². The molecule has 1 amide bonds. The van der Waals surface area contributed by atoms with E-state index in [-0.39, 0.29) is 24.8 Å². The van der Waals surface area contributed by atoms with Gasteiger partial charge in [-0.25, -0.2) is 0 Å². The molecule has 0 saturated carbocycles. The molecule has 0 aliphatic heterocycles. The molecule has 0 aliphatic rings. The quantitative estimate of drug-likeness (QED) is 0.758. The highest BCUT2D eigenvalue weighted by Gasteiger charge is 2.15. The summed E-state index contributed by atoms with van der Waals surface area (Å²) in [6.07, 6.45) is -0.466. The van der Waals surface area contributed by atoms with Gasteiger partial charge in [0.05, 0.1) is 12.7 Å². The number of hydrogen-bond donors (Lipinski definition) is 2. The van der Waals surface area contributed by atoms with E-state index >= 15 is 0 Å². The number of aliphatic hydroxyl groups is 2. The summed E-state index contributed by atoms with van der Waals surface area (Å²) in [6, 6.07) is 14.6. The molecule has 5 nitrogen and oxygen atoms in total. The Bertz CT molecular complexity index is 722. The largest absolute Gasteiger partial charge is 0.394 e. The van der Waals surface area contributed by atoms with Crippen molar-refractivity contribution >= 4 is 11.7 Å². The molecule has 0 aromatic heterocycles. The Labute approximate surface area is 147 Å². The van der Waals surface area contributed by atoms with Crippen LogP contribution in [0.3, 0.4) is 0 Å². The molecule has 0 unspecified atom stereocenters. The molecule has 0 saturated heterocycles. The van der Waals surface area contributed by atoms with Gasteiger partial charge in [0.25, 0.3) is 5.91 Å². The van der Waals surface area contributed by atoms with Crippen LogP contribution in [-0.2, 0) is 0 Å². The standard InChI is InChI=1S/C20H23NO4/c1-3-19(24)16-8-4-14(5-9-16)15-6-10-17(11-7-15)20(25)21(2)12-18(23)13-22/h4-11,18,22-23H,3,12-13H2,1-2H3/t18-/m0/s1. The average Bonchev–Trinajstić information content (AvgIpc) is 2.66. The lowest BCUT2D eigenvalue weighted by molar-refractivity contribution is 0.0520. The summed E-state index contributed by atoms with van der Waals surface area (Å²) >= 11 is 0. The third-order valence-corrected chi connectivity index (χ3v) is 4.04. The number of benzene rings is 2. The zero-order chi connectivity index (χ0) is 18.4. The van der Waals surface area contributed by atoms with Crippen LogP contribution in [0, 0.1) is 0 Å². The van der Waals surface area contributed by atoms with Crippen molar-refractivity contribution in [1.29, 1.82) is 0 Å². The van der Waals surface area contributed by atoms with Gasteiger partial charge in [-0.15, -0.1) is 0 Å². The molecule has 0 spiro atoms. The Morgan fingerprint density at radius 1 is 0.960 bits per heavy atom. The van der Waals surface area contributed by atoms with Gasteiger partial charge in [0.2, 0.25) is 0 Å². The number of hydrogen-bond acceptors (Lipinski definition) is 4. The first kappa shape index (κ1) is 18.8. The number of amides is 1. The van der Waals surface area contributed by atoms with E-state index < -0.39 is 6.10 Å². The second-order valence-corrected chi connectivity index (χ2v) is 5.95. The molecule has 5 heteroatoms. The monoisotopic (exact) mass is 341 g/mol. The van der Waals surface area contributed by atoms with E-state index in [1.54, 1.807) is 19.2 Å². The van der Waals surface area contributed by atoms with Crippen LogP contribution in [0.2, 0.25) is 0 Å². The van der Waals surface area contributed by atoms with Gasteiger partial charge in [0.1, 0.15) is 0 Å². The van der Waals surface area contributed by atoms with Crippen molar-refractivity contribution in [3.63, 3.8) is 0 Å². The highest BCUT2D eigenvalue weighted by atomic mass is 16.3. The maximum atomic E-state index is 12.3. The zero-order valence-corrected chi connectivity index (χ0v) is 14.5. The predicted octanol–water partition coefficient (Wildman–Crippen LogP) is 2.37. The molecule has 2 rings (SSSR count). The number of Topliss-reactive ketones (excluding diaryl/α,β-unsaturated/α-hetero) is 1. The summed E-state index contributed by atoms with van der Waals surface area (Å²) in [4.78, 5) is 25.3. The van der Waals surface area contributed by atoms with Crippen molar-refractivity contribution in [2.45, 2.75) is 19.4 Å². The Morgan fingerprint density at radius 2 is 1.44 bits per heavy atom. The molecular formula is C20H23NO4. The summed E-state index contributed by atoms with van der Waals surface area (Å²) in [5, 5.41) is 18.3. The summed E-state index contributed by atoms with van der Waals surface area (Å²) < 4.78 is 0. The van der Waals surface area contributed by atoms with E-state index in [1.807, 2.05) is 43.3 Å². The van der Waals surface area contributed by atoms with Gasteiger partial charge in [-0.3, -0.25) is 9.59 Å². The Kier molecular flexibility index (Phi) is 6.44. The van der Waals surface area contributed by atoms with E-state index in [2.05, 4.69) is 0 Å². The topological polar surface area (TPSA) is 77.8 Å². The molecule has 0 radical (unpaired) electrons.